The average molecular weight is 327 g/mol. The highest BCUT2D eigenvalue weighted by atomic mass is 16.7. The third-order valence-corrected chi connectivity index (χ3v) is 5.56. The van der Waals surface area contributed by atoms with Crippen LogP contribution in [-0.4, -0.2) is 37.1 Å². The number of nitrogens with two attached hydrogens (primary N) is 1. The number of carbonyl (C=O) groups excluding carboxylic acids is 1. The van der Waals surface area contributed by atoms with Crippen molar-refractivity contribution in [2.24, 2.45) is 28.9 Å². The summed E-state index contributed by atoms with van der Waals surface area (Å²) in [5, 5.41) is 0. The molecule has 0 aromatic carbocycles. The maximum absolute atomic E-state index is 12.2. The highest BCUT2D eigenvalue weighted by Gasteiger charge is 2.60. The Bertz CT molecular complexity index is 435. The van der Waals surface area contributed by atoms with E-state index in [0.29, 0.717) is 38.0 Å². The van der Waals surface area contributed by atoms with Crippen molar-refractivity contribution in [1.82, 2.24) is 0 Å². The predicted molar refractivity (Wildman–Crippen MR) is 88.7 cm³/mol. The fourth-order valence-electron chi connectivity index (χ4n) is 4.37. The van der Waals surface area contributed by atoms with Gasteiger partial charge in [0.15, 0.2) is 5.79 Å². The highest BCUT2D eigenvalue weighted by Crippen LogP contribution is 2.60. The Morgan fingerprint density at radius 1 is 1.26 bits per heavy atom. The van der Waals surface area contributed by atoms with Crippen LogP contribution in [0.1, 0.15) is 54.4 Å². The molecule has 1 aliphatic heterocycles. The van der Waals surface area contributed by atoms with Crippen molar-refractivity contribution in [1.29, 1.82) is 0 Å². The van der Waals surface area contributed by atoms with E-state index in [-0.39, 0.29) is 17.3 Å². The molecule has 2 fully saturated rings. The maximum Gasteiger partial charge on any atom is 0.306 e. The standard InChI is InChI=1S/C18H33NO4/c1-16(2,3)23-15(20)9-12(11-19)13-10-14(17(13,4)5)18(6)21-7-8-22-18/h12-14H,7-11,19H2,1-6H3/t12-,13?,14-/m1/s1. The molecule has 2 N–H and O–H groups in total. The molecule has 0 aromatic rings. The van der Waals surface area contributed by atoms with Crippen LogP contribution in [0.2, 0.25) is 0 Å². The largest absolute Gasteiger partial charge is 0.460 e. The van der Waals surface area contributed by atoms with Crippen LogP contribution in [0.3, 0.4) is 0 Å². The van der Waals surface area contributed by atoms with Crippen LogP contribution in [0.15, 0.2) is 0 Å². The molecule has 2 aliphatic rings. The molecule has 1 saturated carbocycles. The van der Waals surface area contributed by atoms with Crippen molar-refractivity contribution < 1.29 is 19.0 Å². The van der Waals surface area contributed by atoms with E-state index < -0.39 is 11.4 Å². The van der Waals surface area contributed by atoms with Crippen molar-refractivity contribution in [2.45, 2.75) is 65.8 Å². The van der Waals surface area contributed by atoms with E-state index >= 15 is 0 Å². The van der Waals surface area contributed by atoms with Crippen LogP contribution in [0.4, 0.5) is 0 Å². The minimum Gasteiger partial charge on any atom is -0.460 e. The van der Waals surface area contributed by atoms with Crippen molar-refractivity contribution in [3.63, 3.8) is 0 Å². The first kappa shape index (κ1) is 18.7. The maximum atomic E-state index is 12.2. The van der Waals surface area contributed by atoms with Crippen LogP contribution in [-0.2, 0) is 19.0 Å². The molecule has 1 heterocycles. The van der Waals surface area contributed by atoms with Gasteiger partial charge in [-0.25, -0.2) is 0 Å². The van der Waals surface area contributed by atoms with E-state index in [9.17, 15) is 4.79 Å². The summed E-state index contributed by atoms with van der Waals surface area (Å²) in [7, 11) is 0. The molecule has 23 heavy (non-hydrogen) atoms. The van der Waals surface area contributed by atoms with Crippen LogP contribution in [0.5, 0.6) is 0 Å². The van der Waals surface area contributed by atoms with Gasteiger partial charge in [-0.2, -0.15) is 0 Å². The molecule has 3 atom stereocenters. The highest BCUT2D eigenvalue weighted by molar-refractivity contribution is 5.70. The summed E-state index contributed by atoms with van der Waals surface area (Å²) in [5.41, 5.74) is 5.56. The van der Waals surface area contributed by atoms with E-state index in [1.165, 1.54) is 0 Å². The molecule has 0 amide bonds. The summed E-state index contributed by atoms with van der Waals surface area (Å²) < 4.78 is 17.1. The van der Waals surface area contributed by atoms with Gasteiger partial charge in [0.05, 0.1) is 13.2 Å². The minimum atomic E-state index is -0.495. The van der Waals surface area contributed by atoms with Gasteiger partial charge < -0.3 is 19.9 Å². The third-order valence-electron chi connectivity index (χ3n) is 5.56. The van der Waals surface area contributed by atoms with Gasteiger partial charge in [0.25, 0.3) is 0 Å². The molecule has 5 heteroatoms. The summed E-state index contributed by atoms with van der Waals surface area (Å²) in [6, 6.07) is 0. The lowest BCUT2D eigenvalue weighted by atomic mass is 9.48. The molecule has 2 rings (SSSR count). The van der Waals surface area contributed by atoms with Gasteiger partial charge in [0.1, 0.15) is 5.60 Å². The third kappa shape index (κ3) is 3.89. The number of carbonyl (C=O) groups is 1. The predicted octanol–water partition coefficient (Wildman–Crippen LogP) is 2.72. The van der Waals surface area contributed by atoms with Crippen molar-refractivity contribution in [3.8, 4) is 0 Å². The van der Waals surface area contributed by atoms with E-state index in [1.807, 2.05) is 27.7 Å². The molecule has 134 valence electrons. The van der Waals surface area contributed by atoms with Gasteiger partial charge in [-0.15, -0.1) is 0 Å². The number of ether oxygens (including phenoxy) is 3. The summed E-state index contributed by atoms with van der Waals surface area (Å²) >= 11 is 0. The Morgan fingerprint density at radius 3 is 2.26 bits per heavy atom. The molecule has 0 spiro atoms. The summed E-state index contributed by atoms with van der Waals surface area (Å²) in [5.74, 6) is 0.197. The van der Waals surface area contributed by atoms with Gasteiger partial charge in [-0.1, -0.05) is 13.8 Å². The Hall–Kier alpha value is -0.650. The summed E-state index contributed by atoms with van der Waals surface area (Å²) in [4.78, 5) is 12.2. The lowest BCUT2D eigenvalue weighted by Gasteiger charge is -2.59. The zero-order valence-electron chi connectivity index (χ0n) is 15.5. The number of esters is 1. The second-order valence-electron chi connectivity index (χ2n) is 8.72. The topological polar surface area (TPSA) is 70.8 Å². The molecule has 0 aromatic heterocycles. The molecule has 1 aliphatic carbocycles. The van der Waals surface area contributed by atoms with Gasteiger partial charge in [0.2, 0.25) is 0 Å². The molecule has 0 radical (unpaired) electrons. The molecule has 1 saturated heterocycles. The lowest BCUT2D eigenvalue weighted by Crippen LogP contribution is -2.59. The lowest BCUT2D eigenvalue weighted by molar-refractivity contribution is -0.259. The Kier molecular flexibility index (Phi) is 5.15. The smallest absolute Gasteiger partial charge is 0.306 e. The first-order valence-electron chi connectivity index (χ1n) is 8.69. The fraction of sp³-hybridized carbons (Fsp3) is 0.944. The van der Waals surface area contributed by atoms with Crippen LogP contribution >= 0.6 is 0 Å². The number of rotatable bonds is 5. The molecule has 0 bridgehead atoms. The number of hydrogen-bond acceptors (Lipinski definition) is 5. The Balaban J connectivity index is 1.99. The van der Waals surface area contributed by atoms with Gasteiger partial charge >= 0.3 is 5.97 Å². The Labute approximate surface area is 140 Å². The van der Waals surface area contributed by atoms with E-state index in [2.05, 4.69) is 13.8 Å². The summed E-state index contributed by atoms with van der Waals surface area (Å²) in [6.45, 7) is 14.0. The monoisotopic (exact) mass is 327 g/mol. The average Bonchev–Trinajstić information content (AvgIpc) is 2.81. The molecular formula is C18H33NO4. The zero-order valence-corrected chi connectivity index (χ0v) is 15.5. The quantitative estimate of drug-likeness (QED) is 0.786. The van der Waals surface area contributed by atoms with Crippen molar-refractivity contribution >= 4 is 5.97 Å². The zero-order chi connectivity index (χ0) is 17.5. The van der Waals surface area contributed by atoms with Crippen LogP contribution in [0.25, 0.3) is 0 Å². The van der Waals surface area contributed by atoms with E-state index in [4.69, 9.17) is 19.9 Å². The van der Waals surface area contributed by atoms with Gasteiger partial charge in [-0.3, -0.25) is 4.79 Å². The van der Waals surface area contributed by atoms with Gasteiger partial charge in [0, 0.05) is 12.3 Å². The van der Waals surface area contributed by atoms with Gasteiger partial charge in [-0.05, 0) is 57.9 Å². The normalized spacial score (nSPS) is 30.6. The van der Waals surface area contributed by atoms with Crippen LogP contribution < -0.4 is 5.73 Å². The summed E-state index contributed by atoms with van der Waals surface area (Å²) in [6.07, 6.45) is 1.36. The molecule has 1 unspecified atom stereocenters. The first-order chi connectivity index (χ1) is 10.5. The van der Waals surface area contributed by atoms with Crippen molar-refractivity contribution in [3.05, 3.63) is 0 Å². The second-order valence-corrected chi connectivity index (χ2v) is 8.72. The molecular weight excluding hydrogens is 294 g/mol. The fourth-order valence-corrected chi connectivity index (χ4v) is 4.37. The second kappa shape index (κ2) is 6.34. The minimum absolute atomic E-state index is 0.0329. The first-order valence-corrected chi connectivity index (χ1v) is 8.69. The van der Waals surface area contributed by atoms with Crippen LogP contribution in [0, 0.1) is 23.2 Å². The SMILES string of the molecule is CC(C)(C)OC(=O)C[C@H](CN)C1C[C@@H](C2(C)OCCO2)C1(C)C. The van der Waals surface area contributed by atoms with E-state index in [1.54, 1.807) is 0 Å². The van der Waals surface area contributed by atoms with E-state index in [0.717, 1.165) is 6.42 Å². The molecule has 5 nitrogen and oxygen atoms in total. The van der Waals surface area contributed by atoms with Crippen molar-refractivity contribution in [2.75, 3.05) is 19.8 Å². The Morgan fingerprint density at radius 2 is 1.83 bits per heavy atom. The number of hydrogen-bond donors (Lipinski definition) is 1.